The second-order valence-electron chi connectivity index (χ2n) is 6.13. The minimum Gasteiger partial charge on any atom is -0.357 e. The van der Waals surface area contributed by atoms with Gasteiger partial charge in [0.05, 0.1) is 0 Å². The predicted molar refractivity (Wildman–Crippen MR) is 99.0 cm³/mol. The molecule has 0 aliphatic carbocycles. The van der Waals surface area contributed by atoms with Crippen LogP contribution < -0.4 is 10.2 Å². The number of unbranched alkanes of at least 4 members (excludes halogenated alkanes) is 1. The highest BCUT2D eigenvalue weighted by atomic mass is 32.1. The second kappa shape index (κ2) is 9.94. The van der Waals surface area contributed by atoms with Crippen molar-refractivity contribution in [3.8, 4) is 0 Å². The highest BCUT2D eigenvalue weighted by Crippen LogP contribution is 2.22. The summed E-state index contributed by atoms with van der Waals surface area (Å²) in [5.74, 6) is 1.66. The van der Waals surface area contributed by atoms with Gasteiger partial charge < -0.3 is 15.1 Å². The number of aryl methyl sites for hydroxylation is 1. The SMILES string of the molecule is CCNC(=NCCCCC(F)(F)F)N1CCN(c2nc(CC)ns2)CC1. The first-order valence-electron chi connectivity index (χ1n) is 9.10. The summed E-state index contributed by atoms with van der Waals surface area (Å²) >= 11 is 1.43. The van der Waals surface area contributed by atoms with Gasteiger partial charge in [-0.15, -0.1) is 0 Å². The fourth-order valence-electron chi connectivity index (χ4n) is 2.67. The first-order chi connectivity index (χ1) is 12.4. The fraction of sp³-hybridized carbons (Fsp3) is 0.812. The van der Waals surface area contributed by atoms with Crippen LogP contribution in [0, 0.1) is 0 Å². The number of rotatable bonds is 7. The van der Waals surface area contributed by atoms with E-state index in [9.17, 15) is 13.2 Å². The number of piperazine rings is 1. The van der Waals surface area contributed by atoms with E-state index in [1.807, 2.05) is 13.8 Å². The minimum absolute atomic E-state index is 0.122. The quantitative estimate of drug-likeness (QED) is 0.439. The van der Waals surface area contributed by atoms with Gasteiger partial charge in [-0.05, 0) is 19.8 Å². The molecule has 1 fully saturated rings. The third-order valence-electron chi connectivity index (χ3n) is 4.09. The van der Waals surface area contributed by atoms with Gasteiger partial charge >= 0.3 is 6.18 Å². The van der Waals surface area contributed by atoms with Gasteiger partial charge in [-0.1, -0.05) is 6.92 Å². The van der Waals surface area contributed by atoms with Gasteiger partial charge in [-0.25, -0.2) is 4.98 Å². The fourth-order valence-corrected chi connectivity index (χ4v) is 3.48. The number of hydrogen-bond acceptors (Lipinski definition) is 5. The lowest BCUT2D eigenvalue weighted by atomic mass is 10.2. The standard InChI is InChI=1S/C16H27F3N6S/c1-3-13-22-15(26-23-13)25-11-9-24(10-12-25)14(20-4-2)21-8-6-5-7-16(17,18)19/h3-12H2,1-2H3,(H,20,21). The molecule has 26 heavy (non-hydrogen) atoms. The van der Waals surface area contributed by atoms with Gasteiger partial charge in [-0.3, -0.25) is 4.99 Å². The molecule has 0 aromatic carbocycles. The molecule has 0 spiro atoms. The molecule has 2 rings (SSSR count). The molecule has 1 saturated heterocycles. The molecule has 2 heterocycles. The van der Waals surface area contributed by atoms with E-state index >= 15 is 0 Å². The third kappa shape index (κ3) is 6.62. The van der Waals surface area contributed by atoms with Crippen LogP contribution in [0.2, 0.25) is 0 Å². The van der Waals surface area contributed by atoms with Crippen molar-refractivity contribution < 1.29 is 13.2 Å². The minimum atomic E-state index is -4.08. The zero-order chi connectivity index (χ0) is 19.0. The van der Waals surface area contributed by atoms with Gasteiger partial charge in [0.1, 0.15) is 5.82 Å². The molecule has 1 N–H and O–H groups in total. The van der Waals surface area contributed by atoms with Crippen LogP contribution in [0.25, 0.3) is 0 Å². The van der Waals surface area contributed by atoms with Crippen LogP contribution in [-0.4, -0.2) is 65.7 Å². The molecular weight excluding hydrogens is 365 g/mol. The van der Waals surface area contributed by atoms with Gasteiger partial charge in [0, 0.05) is 63.6 Å². The van der Waals surface area contributed by atoms with Crippen LogP contribution in [0.5, 0.6) is 0 Å². The van der Waals surface area contributed by atoms with E-state index in [2.05, 4.69) is 29.5 Å². The summed E-state index contributed by atoms with van der Waals surface area (Å²) in [4.78, 5) is 13.4. The topological polar surface area (TPSA) is 56.7 Å². The Bertz CT molecular complexity index is 567. The Morgan fingerprint density at radius 3 is 2.50 bits per heavy atom. The number of alkyl halides is 3. The Balaban J connectivity index is 1.81. The molecular formula is C16H27F3N6S. The summed E-state index contributed by atoms with van der Waals surface area (Å²) < 4.78 is 40.9. The van der Waals surface area contributed by atoms with E-state index in [1.54, 1.807) is 0 Å². The normalized spacial score (nSPS) is 16.3. The lowest BCUT2D eigenvalue weighted by Crippen LogP contribution is -2.52. The Kier molecular flexibility index (Phi) is 7.92. The number of aromatic nitrogens is 2. The van der Waals surface area contributed by atoms with Gasteiger partial charge in [-0.2, -0.15) is 17.5 Å². The second-order valence-corrected chi connectivity index (χ2v) is 6.86. The Labute approximate surface area is 156 Å². The van der Waals surface area contributed by atoms with E-state index in [1.165, 1.54) is 11.5 Å². The summed E-state index contributed by atoms with van der Waals surface area (Å²) in [6.07, 6.45) is -3.41. The summed E-state index contributed by atoms with van der Waals surface area (Å²) in [6, 6.07) is 0. The molecule has 1 aliphatic heterocycles. The van der Waals surface area contributed by atoms with Crippen molar-refractivity contribution in [1.82, 2.24) is 19.6 Å². The molecule has 0 amide bonds. The third-order valence-corrected chi connectivity index (χ3v) is 4.90. The molecule has 0 unspecified atom stereocenters. The number of nitrogens with zero attached hydrogens (tertiary/aromatic N) is 5. The van der Waals surface area contributed by atoms with Crippen LogP contribution in [0.15, 0.2) is 4.99 Å². The van der Waals surface area contributed by atoms with Crippen LogP contribution in [-0.2, 0) is 6.42 Å². The molecule has 148 valence electrons. The van der Waals surface area contributed by atoms with Crippen molar-refractivity contribution in [2.24, 2.45) is 4.99 Å². The van der Waals surface area contributed by atoms with Crippen molar-refractivity contribution >= 4 is 22.6 Å². The monoisotopic (exact) mass is 392 g/mol. The smallest absolute Gasteiger partial charge is 0.357 e. The molecule has 0 atom stereocenters. The van der Waals surface area contributed by atoms with Crippen molar-refractivity contribution in [1.29, 1.82) is 0 Å². The van der Waals surface area contributed by atoms with Crippen molar-refractivity contribution in [2.45, 2.75) is 45.7 Å². The number of nitrogens with one attached hydrogen (secondary N) is 1. The average Bonchev–Trinajstić information content (AvgIpc) is 3.09. The van der Waals surface area contributed by atoms with Crippen molar-refractivity contribution in [3.63, 3.8) is 0 Å². The highest BCUT2D eigenvalue weighted by Gasteiger charge is 2.26. The summed E-state index contributed by atoms with van der Waals surface area (Å²) in [6.45, 7) is 8.44. The lowest BCUT2D eigenvalue weighted by molar-refractivity contribution is -0.135. The molecule has 1 aromatic rings. The number of anilines is 1. The van der Waals surface area contributed by atoms with E-state index in [0.717, 1.165) is 56.1 Å². The largest absolute Gasteiger partial charge is 0.389 e. The maximum Gasteiger partial charge on any atom is 0.389 e. The maximum absolute atomic E-state index is 12.2. The first-order valence-corrected chi connectivity index (χ1v) is 9.87. The Hall–Kier alpha value is -1.58. The lowest BCUT2D eigenvalue weighted by Gasteiger charge is -2.36. The molecule has 1 aliphatic rings. The Morgan fingerprint density at radius 2 is 1.92 bits per heavy atom. The van der Waals surface area contributed by atoms with E-state index in [0.29, 0.717) is 13.0 Å². The molecule has 1 aromatic heterocycles. The average molecular weight is 392 g/mol. The van der Waals surface area contributed by atoms with E-state index < -0.39 is 12.6 Å². The number of hydrogen-bond donors (Lipinski definition) is 1. The predicted octanol–water partition coefficient (Wildman–Crippen LogP) is 2.92. The molecule has 6 nitrogen and oxygen atoms in total. The summed E-state index contributed by atoms with van der Waals surface area (Å²) in [5.41, 5.74) is 0. The summed E-state index contributed by atoms with van der Waals surface area (Å²) in [7, 11) is 0. The van der Waals surface area contributed by atoms with Gasteiger partial charge in [0.15, 0.2) is 5.96 Å². The van der Waals surface area contributed by atoms with E-state index in [4.69, 9.17) is 0 Å². The van der Waals surface area contributed by atoms with Crippen LogP contribution in [0.3, 0.4) is 0 Å². The van der Waals surface area contributed by atoms with Crippen LogP contribution >= 0.6 is 11.5 Å². The molecule has 0 radical (unpaired) electrons. The van der Waals surface area contributed by atoms with Gasteiger partial charge in [0.25, 0.3) is 0 Å². The zero-order valence-corrected chi connectivity index (χ0v) is 16.2. The molecule has 0 bridgehead atoms. The van der Waals surface area contributed by atoms with Crippen LogP contribution in [0.4, 0.5) is 18.3 Å². The van der Waals surface area contributed by atoms with Crippen LogP contribution in [0.1, 0.15) is 38.9 Å². The Morgan fingerprint density at radius 1 is 1.19 bits per heavy atom. The molecule has 0 saturated carbocycles. The van der Waals surface area contributed by atoms with Crippen molar-refractivity contribution in [2.75, 3.05) is 44.2 Å². The summed E-state index contributed by atoms with van der Waals surface area (Å²) in [5, 5.41) is 4.19. The highest BCUT2D eigenvalue weighted by molar-refractivity contribution is 7.09. The number of halogens is 3. The van der Waals surface area contributed by atoms with Gasteiger partial charge in [0.2, 0.25) is 5.13 Å². The maximum atomic E-state index is 12.2. The zero-order valence-electron chi connectivity index (χ0n) is 15.3. The first kappa shape index (κ1) is 20.7. The molecule has 10 heteroatoms. The number of aliphatic imine (C=N–C) groups is 1. The number of guanidine groups is 1. The van der Waals surface area contributed by atoms with Crippen molar-refractivity contribution in [3.05, 3.63) is 5.82 Å². The van der Waals surface area contributed by atoms with E-state index in [-0.39, 0.29) is 6.42 Å².